The molecule has 0 bridgehead atoms. The number of hydrogen-bond acceptors (Lipinski definition) is 8. The molecule has 57 heavy (non-hydrogen) atoms. The van der Waals surface area contributed by atoms with Gasteiger partial charge >= 0.3 is 11.9 Å². The molecule has 0 fully saturated rings. The first kappa shape index (κ1) is 39.0. The van der Waals surface area contributed by atoms with Crippen molar-refractivity contribution in [2.45, 2.75) is 57.5 Å². The lowest BCUT2D eigenvalue weighted by atomic mass is 9.65. The zero-order valence-corrected chi connectivity index (χ0v) is 32.5. The van der Waals surface area contributed by atoms with E-state index in [1.165, 1.54) is 0 Å². The fourth-order valence-corrected chi connectivity index (χ4v) is 7.75. The molecule has 0 amide bonds. The minimum atomic E-state index is -1.07. The Morgan fingerprint density at radius 3 is 1.28 bits per heavy atom. The van der Waals surface area contributed by atoms with Gasteiger partial charge in [0.2, 0.25) is 0 Å². The van der Waals surface area contributed by atoms with Crippen LogP contribution in [0.5, 0.6) is 11.5 Å². The van der Waals surface area contributed by atoms with Gasteiger partial charge < -0.3 is 29.2 Å². The molecule has 0 aliphatic heterocycles. The Morgan fingerprint density at radius 2 is 0.877 bits per heavy atom. The van der Waals surface area contributed by atoms with Crippen molar-refractivity contribution in [1.82, 2.24) is 0 Å². The quantitative estimate of drug-likeness (QED) is 0.0836. The summed E-state index contributed by atoms with van der Waals surface area (Å²) in [5.41, 5.74) is 6.27. The van der Waals surface area contributed by atoms with Crippen molar-refractivity contribution in [3.63, 3.8) is 0 Å². The van der Waals surface area contributed by atoms with Gasteiger partial charge in [0.05, 0.1) is 5.41 Å². The highest BCUT2D eigenvalue weighted by Crippen LogP contribution is 2.58. The van der Waals surface area contributed by atoms with Crippen molar-refractivity contribution < 1.29 is 38.7 Å². The van der Waals surface area contributed by atoms with Crippen LogP contribution in [0.1, 0.15) is 49.9 Å². The SMILES string of the molecule is C=C(C)C(=O)OC(C)C(O)COc1cccc2c(C3(c4cccc5c(OCC(O)C(C)OC(=O)C(=C)C)cccc45)c4ccccc4-c4ccccc43)cccc12. The third-order valence-corrected chi connectivity index (χ3v) is 10.7. The number of fused-ring (bicyclic) bond motifs is 5. The summed E-state index contributed by atoms with van der Waals surface area (Å²) < 4.78 is 23.3. The number of aliphatic hydroxyl groups is 2. The normalized spacial score (nSPS) is 14.8. The van der Waals surface area contributed by atoms with Crippen molar-refractivity contribution in [2.24, 2.45) is 0 Å². The van der Waals surface area contributed by atoms with Gasteiger partial charge in [-0.2, -0.15) is 0 Å². The molecule has 2 N–H and O–H groups in total. The standard InChI is InChI=1S/C49H46O8/c1-29(2)47(52)56-31(5)43(50)27-54-45-25-13-17-35-37(45)19-11-23-41(35)49(39-21-9-7-15-33(39)34-16-8-10-22-40(34)49)42-24-12-20-38-36(42)18-14-26-46(38)55-28-44(51)32(6)57-48(53)30(3)4/h7-26,31-32,43-44,50-51H,1,3,27-28H2,2,4-6H3. The van der Waals surface area contributed by atoms with Gasteiger partial charge in [-0.3, -0.25) is 0 Å². The van der Waals surface area contributed by atoms with Crippen molar-refractivity contribution in [2.75, 3.05) is 13.2 Å². The van der Waals surface area contributed by atoms with Crippen LogP contribution in [0, 0.1) is 0 Å². The van der Waals surface area contributed by atoms with E-state index < -0.39 is 41.8 Å². The number of carbonyl (C=O) groups is 2. The average molecular weight is 763 g/mol. The van der Waals surface area contributed by atoms with Gasteiger partial charge in [-0.25, -0.2) is 9.59 Å². The predicted molar refractivity (Wildman–Crippen MR) is 222 cm³/mol. The van der Waals surface area contributed by atoms with E-state index in [9.17, 15) is 19.8 Å². The summed E-state index contributed by atoms with van der Waals surface area (Å²) in [6, 6.07) is 41.3. The lowest BCUT2D eigenvalue weighted by Crippen LogP contribution is -2.33. The Hall–Kier alpha value is -6.22. The molecule has 8 nitrogen and oxygen atoms in total. The van der Waals surface area contributed by atoms with Gasteiger partial charge in [0.1, 0.15) is 49.1 Å². The Bertz CT molecular complexity index is 2340. The van der Waals surface area contributed by atoms with Crippen LogP contribution in [0.4, 0.5) is 0 Å². The molecular weight excluding hydrogens is 717 g/mol. The van der Waals surface area contributed by atoms with E-state index in [0.717, 1.165) is 54.9 Å². The van der Waals surface area contributed by atoms with Crippen LogP contribution in [0.15, 0.2) is 146 Å². The zero-order chi connectivity index (χ0) is 40.4. The van der Waals surface area contributed by atoms with Crippen LogP contribution in [-0.4, -0.2) is 59.8 Å². The minimum absolute atomic E-state index is 0.0965. The van der Waals surface area contributed by atoms with Crippen molar-refractivity contribution >= 4 is 33.5 Å². The van der Waals surface area contributed by atoms with E-state index in [1.807, 2.05) is 48.5 Å². The van der Waals surface area contributed by atoms with Crippen molar-refractivity contribution in [1.29, 1.82) is 0 Å². The molecule has 290 valence electrons. The second-order valence-electron chi connectivity index (χ2n) is 14.7. The molecule has 1 aliphatic carbocycles. The summed E-state index contributed by atoms with van der Waals surface area (Å²) in [6.45, 7) is 13.4. The molecule has 0 spiro atoms. The summed E-state index contributed by atoms with van der Waals surface area (Å²) in [6.07, 6.45) is -3.76. The molecule has 4 unspecified atom stereocenters. The van der Waals surface area contributed by atoms with E-state index in [-0.39, 0.29) is 24.4 Å². The van der Waals surface area contributed by atoms with E-state index in [1.54, 1.807) is 27.7 Å². The monoisotopic (exact) mass is 762 g/mol. The van der Waals surface area contributed by atoms with Crippen LogP contribution >= 0.6 is 0 Å². The van der Waals surface area contributed by atoms with E-state index in [4.69, 9.17) is 18.9 Å². The molecule has 4 atom stereocenters. The van der Waals surface area contributed by atoms with Gasteiger partial charge in [0.25, 0.3) is 0 Å². The lowest BCUT2D eigenvalue weighted by Gasteiger charge is -2.36. The molecule has 6 aromatic rings. The number of benzene rings is 6. The van der Waals surface area contributed by atoms with Gasteiger partial charge in [0, 0.05) is 21.9 Å². The first-order valence-corrected chi connectivity index (χ1v) is 19.0. The van der Waals surface area contributed by atoms with Crippen molar-refractivity contribution in [3.05, 3.63) is 168 Å². The number of rotatable bonds is 14. The fourth-order valence-electron chi connectivity index (χ4n) is 7.75. The van der Waals surface area contributed by atoms with E-state index in [2.05, 4.69) is 86.0 Å². The molecule has 0 saturated heterocycles. The Morgan fingerprint density at radius 1 is 0.526 bits per heavy atom. The second kappa shape index (κ2) is 16.1. The Labute approximate surface area is 332 Å². The minimum Gasteiger partial charge on any atom is -0.490 e. The molecule has 8 heteroatoms. The summed E-state index contributed by atoms with van der Waals surface area (Å²) >= 11 is 0. The first-order valence-electron chi connectivity index (χ1n) is 19.0. The zero-order valence-electron chi connectivity index (χ0n) is 32.5. The highest BCUT2D eigenvalue weighted by atomic mass is 16.6. The number of hydrogen-bond donors (Lipinski definition) is 2. The number of carbonyl (C=O) groups excluding carboxylic acids is 2. The van der Waals surface area contributed by atoms with Crippen LogP contribution in [0.25, 0.3) is 32.7 Å². The third-order valence-electron chi connectivity index (χ3n) is 10.7. The molecule has 0 aromatic heterocycles. The number of esters is 2. The topological polar surface area (TPSA) is 112 Å². The molecule has 7 rings (SSSR count). The van der Waals surface area contributed by atoms with E-state index in [0.29, 0.717) is 11.5 Å². The van der Waals surface area contributed by atoms with Gasteiger partial charge in [-0.1, -0.05) is 122 Å². The molecule has 0 radical (unpaired) electrons. The van der Waals surface area contributed by atoms with E-state index >= 15 is 0 Å². The van der Waals surface area contributed by atoms with Crippen LogP contribution in [0.3, 0.4) is 0 Å². The Kier molecular flexibility index (Phi) is 11.0. The number of ether oxygens (including phenoxy) is 4. The van der Waals surface area contributed by atoms with Gasteiger partial charge in [0.15, 0.2) is 0 Å². The maximum atomic E-state index is 12.1. The molecular formula is C49H46O8. The third kappa shape index (κ3) is 7.18. The summed E-state index contributed by atoms with van der Waals surface area (Å²) in [7, 11) is 0. The predicted octanol–water partition coefficient (Wildman–Crippen LogP) is 8.85. The highest BCUT2D eigenvalue weighted by molar-refractivity contribution is 6.01. The highest BCUT2D eigenvalue weighted by Gasteiger charge is 2.47. The maximum absolute atomic E-state index is 12.1. The van der Waals surface area contributed by atoms with Gasteiger partial charge in [-0.15, -0.1) is 0 Å². The lowest BCUT2D eigenvalue weighted by molar-refractivity contribution is -0.150. The fraction of sp³-hybridized carbons (Fsp3) is 0.224. The second-order valence-corrected chi connectivity index (χ2v) is 14.7. The molecule has 1 aliphatic rings. The van der Waals surface area contributed by atoms with Gasteiger partial charge in [-0.05, 0) is 84.0 Å². The molecule has 0 heterocycles. The average Bonchev–Trinajstić information content (AvgIpc) is 3.51. The maximum Gasteiger partial charge on any atom is 0.333 e. The summed E-state index contributed by atoms with van der Waals surface area (Å²) in [5, 5.41) is 25.5. The first-order chi connectivity index (χ1) is 27.4. The van der Waals surface area contributed by atoms with Crippen LogP contribution in [0.2, 0.25) is 0 Å². The number of aliphatic hydroxyl groups excluding tert-OH is 2. The largest absolute Gasteiger partial charge is 0.490 e. The molecule has 0 saturated carbocycles. The summed E-state index contributed by atoms with van der Waals surface area (Å²) in [5.74, 6) is 0.0214. The van der Waals surface area contributed by atoms with Crippen LogP contribution < -0.4 is 9.47 Å². The van der Waals surface area contributed by atoms with Crippen LogP contribution in [-0.2, 0) is 24.5 Å². The molecule has 6 aromatic carbocycles. The summed E-state index contributed by atoms with van der Waals surface area (Å²) in [4.78, 5) is 24.2. The Balaban J connectivity index is 1.36. The van der Waals surface area contributed by atoms with Crippen molar-refractivity contribution in [3.8, 4) is 22.6 Å². The smallest absolute Gasteiger partial charge is 0.333 e.